The molecule has 0 aliphatic carbocycles. The second kappa shape index (κ2) is 6.49. The van der Waals surface area contributed by atoms with Crippen molar-refractivity contribution < 1.29 is 9.53 Å². The molecule has 0 bridgehead atoms. The van der Waals surface area contributed by atoms with Gasteiger partial charge in [0.05, 0.1) is 6.20 Å². The molecule has 6 heteroatoms. The quantitative estimate of drug-likeness (QED) is 0.875. The second-order valence-corrected chi connectivity index (χ2v) is 5.17. The molecular formula is C15H18N4O2. The van der Waals surface area contributed by atoms with Crippen molar-refractivity contribution in [2.45, 2.75) is 12.8 Å². The van der Waals surface area contributed by atoms with E-state index in [2.05, 4.69) is 20.5 Å². The molecule has 3 heterocycles. The Morgan fingerprint density at radius 2 is 2.29 bits per heavy atom. The third-order valence-electron chi connectivity index (χ3n) is 3.72. The molecule has 1 aliphatic heterocycles. The summed E-state index contributed by atoms with van der Waals surface area (Å²) in [5, 5.41) is 9.69. The van der Waals surface area contributed by atoms with E-state index in [-0.39, 0.29) is 5.91 Å². The molecule has 0 saturated carbocycles. The maximum Gasteiger partial charge on any atom is 0.269 e. The van der Waals surface area contributed by atoms with Gasteiger partial charge < -0.3 is 10.1 Å². The van der Waals surface area contributed by atoms with Gasteiger partial charge in [-0.1, -0.05) is 0 Å². The fourth-order valence-electron chi connectivity index (χ4n) is 2.50. The summed E-state index contributed by atoms with van der Waals surface area (Å²) in [6.45, 7) is 2.30. The lowest BCUT2D eigenvalue weighted by atomic mass is 10.1. The Bertz CT molecular complexity index is 591. The van der Waals surface area contributed by atoms with Crippen LogP contribution < -0.4 is 5.32 Å². The number of ether oxygens (including phenoxy) is 1. The van der Waals surface area contributed by atoms with Crippen molar-refractivity contribution in [3.63, 3.8) is 0 Å². The Labute approximate surface area is 122 Å². The van der Waals surface area contributed by atoms with Gasteiger partial charge in [0.25, 0.3) is 5.91 Å². The molecule has 1 aliphatic rings. The van der Waals surface area contributed by atoms with Gasteiger partial charge in [-0.3, -0.25) is 14.9 Å². The number of nitrogens with one attached hydrogen (secondary N) is 2. The largest absolute Gasteiger partial charge is 0.381 e. The molecule has 0 spiro atoms. The molecule has 21 heavy (non-hydrogen) atoms. The molecular weight excluding hydrogens is 268 g/mol. The van der Waals surface area contributed by atoms with Crippen molar-refractivity contribution in [1.82, 2.24) is 20.5 Å². The summed E-state index contributed by atoms with van der Waals surface area (Å²) in [5.41, 5.74) is 2.20. The minimum atomic E-state index is -0.127. The lowest BCUT2D eigenvalue weighted by molar-refractivity contribution is 0.0946. The van der Waals surface area contributed by atoms with Gasteiger partial charge in [0.1, 0.15) is 5.69 Å². The minimum Gasteiger partial charge on any atom is -0.381 e. The van der Waals surface area contributed by atoms with Gasteiger partial charge >= 0.3 is 0 Å². The van der Waals surface area contributed by atoms with Gasteiger partial charge in [0.15, 0.2) is 0 Å². The Morgan fingerprint density at radius 3 is 3.05 bits per heavy atom. The third-order valence-corrected chi connectivity index (χ3v) is 3.72. The zero-order valence-electron chi connectivity index (χ0n) is 11.7. The van der Waals surface area contributed by atoms with Crippen molar-refractivity contribution >= 4 is 5.91 Å². The van der Waals surface area contributed by atoms with Crippen LogP contribution in [0.1, 0.15) is 23.3 Å². The molecule has 1 atom stereocenters. The number of nitrogens with zero attached hydrogens (tertiary/aromatic N) is 2. The maximum absolute atomic E-state index is 12.2. The molecule has 0 aromatic carbocycles. The van der Waals surface area contributed by atoms with Gasteiger partial charge in [0.2, 0.25) is 0 Å². The Morgan fingerprint density at radius 1 is 1.43 bits per heavy atom. The highest BCUT2D eigenvalue weighted by atomic mass is 16.5. The van der Waals surface area contributed by atoms with Gasteiger partial charge in [-0.15, -0.1) is 0 Å². The summed E-state index contributed by atoms with van der Waals surface area (Å²) in [6, 6.07) is 3.72. The smallest absolute Gasteiger partial charge is 0.269 e. The number of H-pyrrole nitrogens is 1. The van der Waals surface area contributed by atoms with Crippen LogP contribution in [0.2, 0.25) is 0 Å². The van der Waals surface area contributed by atoms with Gasteiger partial charge in [-0.2, -0.15) is 5.10 Å². The zero-order chi connectivity index (χ0) is 14.5. The zero-order valence-corrected chi connectivity index (χ0v) is 11.7. The summed E-state index contributed by atoms with van der Waals surface area (Å²) >= 11 is 0. The van der Waals surface area contributed by atoms with Crippen molar-refractivity contribution in [3.05, 3.63) is 36.4 Å². The highest BCUT2D eigenvalue weighted by Crippen LogP contribution is 2.21. The molecule has 1 unspecified atom stereocenters. The highest BCUT2D eigenvalue weighted by Gasteiger charge is 2.17. The van der Waals surface area contributed by atoms with E-state index in [1.165, 1.54) is 0 Å². The topological polar surface area (TPSA) is 79.9 Å². The van der Waals surface area contributed by atoms with Crippen LogP contribution in [0.4, 0.5) is 0 Å². The minimum absolute atomic E-state index is 0.127. The highest BCUT2D eigenvalue weighted by molar-refractivity contribution is 5.98. The van der Waals surface area contributed by atoms with Crippen LogP contribution in [0, 0.1) is 5.92 Å². The monoisotopic (exact) mass is 286 g/mol. The van der Waals surface area contributed by atoms with Crippen LogP contribution in [0.3, 0.4) is 0 Å². The molecule has 0 radical (unpaired) electrons. The molecule has 3 rings (SSSR count). The first-order valence-electron chi connectivity index (χ1n) is 7.14. The summed E-state index contributed by atoms with van der Waals surface area (Å²) in [5.74, 6) is 0.435. The van der Waals surface area contributed by atoms with E-state index in [0.29, 0.717) is 18.2 Å². The fraction of sp³-hybridized carbons (Fsp3) is 0.400. The normalized spacial score (nSPS) is 17.8. The van der Waals surface area contributed by atoms with E-state index < -0.39 is 0 Å². The maximum atomic E-state index is 12.2. The first-order chi connectivity index (χ1) is 10.3. The van der Waals surface area contributed by atoms with Crippen LogP contribution in [-0.2, 0) is 4.74 Å². The average Bonchev–Trinajstić information content (AvgIpc) is 3.19. The van der Waals surface area contributed by atoms with Gasteiger partial charge in [-0.05, 0) is 36.5 Å². The van der Waals surface area contributed by atoms with Crippen LogP contribution >= 0.6 is 0 Å². The average molecular weight is 286 g/mol. The van der Waals surface area contributed by atoms with Crippen LogP contribution in [-0.4, -0.2) is 40.8 Å². The number of rotatable bonds is 5. The molecule has 2 aromatic heterocycles. The first-order valence-corrected chi connectivity index (χ1v) is 7.14. The van der Waals surface area contributed by atoms with E-state index in [1.54, 1.807) is 18.6 Å². The predicted octanol–water partition coefficient (Wildman–Crippen LogP) is 1.63. The van der Waals surface area contributed by atoms with Crippen molar-refractivity contribution in [3.8, 4) is 11.1 Å². The molecule has 1 amide bonds. The van der Waals surface area contributed by atoms with Gasteiger partial charge in [0, 0.05) is 37.7 Å². The van der Waals surface area contributed by atoms with Crippen molar-refractivity contribution in [2.75, 3.05) is 19.8 Å². The van der Waals surface area contributed by atoms with Crippen molar-refractivity contribution in [1.29, 1.82) is 0 Å². The van der Waals surface area contributed by atoms with Crippen LogP contribution in [0.15, 0.2) is 30.7 Å². The number of hydrogen-bond acceptors (Lipinski definition) is 4. The molecule has 1 fully saturated rings. The molecule has 2 N–H and O–H groups in total. The summed E-state index contributed by atoms with van der Waals surface area (Å²) < 4.78 is 5.33. The van der Waals surface area contributed by atoms with Crippen LogP contribution in [0.25, 0.3) is 11.1 Å². The molecule has 1 saturated heterocycles. The standard InChI is InChI=1S/C15H18N4O2/c20-15(17-7-1-11-4-8-21-10-11)14-13(9-18-19-14)12-2-5-16-6-3-12/h2-3,5-6,9,11H,1,4,7-8,10H2,(H,17,20)(H,18,19). The lowest BCUT2D eigenvalue weighted by Crippen LogP contribution is -2.26. The number of carbonyl (C=O) groups is 1. The number of aromatic amines is 1. The van der Waals surface area contributed by atoms with E-state index in [4.69, 9.17) is 4.74 Å². The summed E-state index contributed by atoms with van der Waals surface area (Å²) in [7, 11) is 0. The number of pyridine rings is 1. The number of amides is 1. The number of aromatic nitrogens is 3. The number of hydrogen-bond donors (Lipinski definition) is 2. The second-order valence-electron chi connectivity index (χ2n) is 5.17. The SMILES string of the molecule is O=C(NCCC1CCOC1)c1[nH]ncc1-c1ccncc1. The Balaban J connectivity index is 1.61. The Kier molecular flexibility index (Phi) is 4.25. The van der Waals surface area contributed by atoms with Crippen molar-refractivity contribution in [2.24, 2.45) is 5.92 Å². The van der Waals surface area contributed by atoms with E-state index in [1.807, 2.05) is 12.1 Å². The van der Waals surface area contributed by atoms with Crippen LogP contribution in [0.5, 0.6) is 0 Å². The fourth-order valence-corrected chi connectivity index (χ4v) is 2.50. The predicted molar refractivity (Wildman–Crippen MR) is 77.7 cm³/mol. The van der Waals surface area contributed by atoms with E-state index >= 15 is 0 Å². The lowest BCUT2D eigenvalue weighted by Gasteiger charge is -2.09. The number of carbonyl (C=O) groups excluding carboxylic acids is 1. The molecule has 2 aromatic rings. The summed E-state index contributed by atoms with van der Waals surface area (Å²) in [6.07, 6.45) is 7.09. The Hall–Kier alpha value is -2.21. The van der Waals surface area contributed by atoms with E-state index in [9.17, 15) is 4.79 Å². The van der Waals surface area contributed by atoms with E-state index in [0.717, 1.165) is 37.2 Å². The molecule has 110 valence electrons. The summed E-state index contributed by atoms with van der Waals surface area (Å²) in [4.78, 5) is 16.2. The van der Waals surface area contributed by atoms with Gasteiger partial charge in [-0.25, -0.2) is 0 Å². The molecule has 6 nitrogen and oxygen atoms in total. The first kappa shape index (κ1) is 13.8. The third kappa shape index (κ3) is 3.28.